The third-order valence-corrected chi connectivity index (χ3v) is 4.95. The summed E-state index contributed by atoms with van der Waals surface area (Å²) < 4.78 is 45.6. The molecule has 2 aliphatic rings. The lowest BCUT2D eigenvalue weighted by molar-refractivity contribution is -0.140. The lowest BCUT2D eigenvalue weighted by Gasteiger charge is -2.19. The van der Waals surface area contributed by atoms with E-state index in [1.54, 1.807) is 0 Å². The molecule has 0 spiro atoms. The van der Waals surface area contributed by atoms with E-state index in [1.165, 1.54) is 12.1 Å². The molecule has 0 atom stereocenters. The minimum atomic E-state index is -4.54. The van der Waals surface area contributed by atoms with E-state index in [4.69, 9.17) is 4.52 Å². The first-order chi connectivity index (χ1) is 12.5. The number of pyridine rings is 1. The summed E-state index contributed by atoms with van der Waals surface area (Å²) in [4.78, 5) is 3.55. The fourth-order valence-electron chi connectivity index (χ4n) is 3.40. The fourth-order valence-corrected chi connectivity index (χ4v) is 3.40. The van der Waals surface area contributed by atoms with Gasteiger partial charge >= 0.3 is 6.18 Å². The normalized spacial score (nSPS) is 19.3. The van der Waals surface area contributed by atoms with Crippen molar-refractivity contribution >= 4 is 6.08 Å². The molecule has 1 saturated carbocycles. The van der Waals surface area contributed by atoms with Crippen LogP contribution in [0.2, 0.25) is 0 Å². The third kappa shape index (κ3) is 3.53. The Morgan fingerprint density at radius 2 is 1.92 bits per heavy atom. The second kappa shape index (κ2) is 6.87. The first-order valence-corrected chi connectivity index (χ1v) is 8.95. The molecule has 7 heteroatoms. The number of allylic oxidation sites excluding steroid dienone is 1. The highest BCUT2D eigenvalue weighted by atomic mass is 19.4. The van der Waals surface area contributed by atoms with Crippen molar-refractivity contribution in [2.24, 2.45) is 5.92 Å². The molecule has 0 bridgehead atoms. The summed E-state index contributed by atoms with van der Waals surface area (Å²) in [5.41, 5.74) is -0.0465. The van der Waals surface area contributed by atoms with Gasteiger partial charge in [0.1, 0.15) is 11.5 Å². The Labute approximate surface area is 149 Å². The molecule has 1 saturated heterocycles. The lowest BCUT2D eigenvalue weighted by Crippen LogP contribution is -2.26. The smallest absolute Gasteiger partial charge is 0.360 e. The molecule has 0 unspecified atom stereocenters. The van der Waals surface area contributed by atoms with E-state index in [0.717, 1.165) is 45.0 Å². The Hall–Kier alpha value is -2.15. The summed E-state index contributed by atoms with van der Waals surface area (Å²) >= 11 is 0. The van der Waals surface area contributed by atoms with E-state index in [9.17, 15) is 13.2 Å². The van der Waals surface area contributed by atoms with Crippen LogP contribution in [0.1, 0.15) is 48.6 Å². The third-order valence-electron chi connectivity index (χ3n) is 4.95. The number of hydrogen-bond acceptors (Lipinski definition) is 4. The largest absolute Gasteiger partial charge is 0.434 e. The molecule has 2 aromatic heterocycles. The molecular formula is C19H20F3N3O. The monoisotopic (exact) mass is 363 g/mol. The van der Waals surface area contributed by atoms with Crippen molar-refractivity contribution in [1.82, 2.24) is 15.5 Å². The summed E-state index contributed by atoms with van der Waals surface area (Å²) in [5, 5.41) is 7.32. The molecule has 0 amide bonds. The van der Waals surface area contributed by atoms with Crippen molar-refractivity contribution in [3.05, 3.63) is 41.4 Å². The van der Waals surface area contributed by atoms with Gasteiger partial charge in [-0.25, -0.2) is 0 Å². The van der Waals surface area contributed by atoms with Gasteiger partial charge in [0.2, 0.25) is 0 Å². The van der Waals surface area contributed by atoms with Gasteiger partial charge in [0, 0.05) is 23.2 Å². The molecule has 0 aromatic carbocycles. The SMILES string of the molecule is FC(F)(F)c1ncccc1-c1noc(C2CC2)c1/C=C/C1CCNCC1. The van der Waals surface area contributed by atoms with Crippen molar-refractivity contribution in [2.45, 2.75) is 37.8 Å². The highest BCUT2D eigenvalue weighted by Crippen LogP contribution is 2.45. The van der Waals surface area contributed by atoms with Crippen LogP contribution in [0.5, 0.6) is 0 Å². The number of piperidine rings is 1. The minimum absolute atomic E-state index is 0.0272. The van der Waals surface area contributed by atoms with Gasteiger partial charge in [-0.15, -0.1) is 0 Å². The van der Waals surface area contributed by atoms with Gasteiger partial charge in [-0.1, -0.05) is 17.3 Å². The quantitative estimate of drug-likeness (QED) is 0.859. The summed E-state index contributed by atoms with van der Waals surface area (Å²) in [5.74, 6) is 1.37. The zero-order chi connectivity index (χ0) is 18.1. The van der Waals surface area contributed by atoms with E-state index in [2.05, 4.69) is 21.5 Å². The average Bonchev–Trinajstić information content (AvgIpc) is 3.40. The molecular weight excluding hydrogens is 343 g/mol. The molecule has 1 N–H and O–H groups in total. The molecule has 0 radical (unpaired) electrons. The van der Waals surface area contributed by atoms with Crippen LogP contribution in [-0.2, 0) is 6.18 Å². The molecule has 3 heterocycles. The first kappa shape index (κ1) is 17.3. The topological polar surface area (TPSA) is 51.0 Å². The van der Waals surface area contributed by atoms with Crippen LogP contribution in [0.4, 0.5) is 13.2 Å². The summed E-state index contributed by atoms with van der Waals surface area (Å²) in [6.07, 6.45) is 4.64. The maximum atomic E-state index is 13.4. The van der Waals surface area contributed by atoms with E-state index in [0.29, 0.717) is 17.2 Å². The first-order valence-electron chi connectivity index (χ1n) is 8.95. The molecule has 2 aromatic rings. The number of nitrogens with zero attached hydrogens (tertiary/aromatic N) is 2. The van der Waals surface area contributed by atoms with Gasteiger partial charge in [0.15, 0.2) is 5.69 Å². The van der Waals surface area contributed by atoms with E-state index in [-0.39, 0.29) is 17.2 Å². The molecule has 4 rings (SSSR count). The van der Waals surface area contributed by atoms with Crippen molar-refractivity contribution in [1.29, 1.82) is 0 Å². The number of nitrogens with one attached hydrogen (secondary N) is 1. The van der Waals surface area contributed by atoms with Gasteiger partial charge in [0.05, 0.1) is 0 Å². The highest BCUT2D eigenvalue weighted by Gasteiger charge is 2.38. The van der Waals surface area contributed by atoms with Crippen LogP contribution in [0.25, 0.3) is 17.3 Å². The number of halogens is 3. The standard InChI is InChI=1S/C19H20F3N3O/c20-19(21,22)18-15(2-1-9-24-18)16-14(17(26-25-16)13-4-5-13)6-3-12-7-10-23-11-8-12/h1-3,6,9,12-13,23H,4-5,7-8,10-11H2/b6-3+. The van der Waals surface area contributed by atoms with Crippen LogP contribution in [-0.4, -0.2) is 23.2 Å². The Kier molecular flexibility index (Phi) is 4.56. The van der Waals surface area contributed by atoms with E-state index >= 15 is 0 Å². The molecule has 1 aliphatic heterocycles. The van der Waals surface area contributed by atoms with Crippen LogP contribution in [0.3, 0.4) is 0 Å². The maximum absolute atomic E-state index is 13.4. The van der Waals surface area contributed by atoms with Crippen molar-refractivity contribution in [2.75, 3.05) is 13.1 Å². The second-order valence-electron chi connectivity index (χ2n) is 6.93. The van der Waals surface area contributed by atoms with Crippen molar-refractivity contribution in [3.63, 3.8) is 0 Å². The summed E-state index contributed by atoms with van der Waals surface area (Å²) in [6, 6.07) is 2.91. The van der Waals surface area contributed by atoms with Gasteiger partial charge < -0.3 is 9.84 Å². The minimum Gasteiger partial charge on any atom is -0.360 e. The van der Waals surface area contributed by atoms with Gasteiger partial charge in [-0.3, -0.25) is 4.98 Å². The van der Waals surface area contributed by atoms with Gasteiger partial charge in [0.25, 0.3) is 0 Å². The number of alkyl halides is 3. The number of aromatic nitrogens is 2. The predicted molar refractivity (Wildman–Crippen MR) is 91.3 cm³/mol. The summed E-state index contributed by atoms with van der Waals surface area (Å²) in [6.45, 7) is 1.92. The Balaban J connectivity index is 1.74. The number of rotatable bonds is 4. The number of hydrogen-bond donors (Lipinski definition) is 1. The zero-order valence-electron chi connectivity index (χ0n) is 14.2. The van der Waals surface area contributed by atoms with E-state index < -0.39 is 11.9 Å². The molecule has 4 nitrogen and oxygen atoms in total. The van der Waals surface area contributed by atoms with E-state index in [1.807, 2.05) is 6.08 Å². The molecule has 138 valence electrons. The Morgan fingerprint density at radius 3 is 2.62 bits per heavy atom. The van der Waals surface area contributed by atoms with Crippen LogP contribution in [0, 0.1) is 5.92 Å². The lowest BCUT2D eigenvalue weighted by atomic mass is 9.95. The van der Waals surface area contributed by atoms with Crippen LogP contribution in [0.15, 0.2) is 28.9 Å². The maximum Gasteiger partial charge on any atom is 0.434 e. The zero-order valence-corrected chi connectivity index (χ0v) is 14.2. The molecule has 1 aliphatic carbocycles. The fraction of sp³-hybridized carbons (Fsp3) is 0.474. The van der Waals surface area contributed by atoms with Gasteiger partial charge in [-0.2, -0.15) is 13.2 Å². The average molecular weight is 363 g/mol. The van der Waals surface area contributed by atoms with Gasteiger partial charge in [-0.05, 0) is 56.8 Å². The van der Waals surface area contributed by atoms with Crippen molar-refractivity contribution < 1.29 is 17.7 Å². The second-order valence-corrected chi connectivity index (χ2v) is 6.93. The summed E-state index contributed by atoms with van der Waals surface area (Å²) in [7, 11) is 0. The highest BCUT2D eigenvalue weighted by molar-refractivity contribution is 5.75. The Bertz CT molecular complexity index is 803. The van der Waals surface area contributed by atoms with Crippen LogP contribution >= 0.6 is 0 Å². The van der Waals surface area contributed by atoms with Crippen molar-refractivity contribution in [3.8, 4) is 11.3 Å². The van der Waals surface area contributed by atoms with Crippen LogP contribution < -0.4 is 5.32 Å². The Morgan fingerprint density at radius 1 is 1.15 bits per heavy atom. The predicted octanol–water partition coefficient (Wildman–Crippen LogP) is 4.65. The molecule has 2 fully saturated rings. The molecule has 26 heavy (non-hydrogen) atoms.